The van der Waals surface area contributed by atoms with Gasteiger partial charge in [0.2, 0.25) is 0 Å². The summed E-state index contributed by atoms with van der Waals surface area (Å²) in [5.74, 6) is 1.22. The van der Waals surface area contributed by atoms with Crippen LogP contribution in [0, 0.1) is 0 Å². The van der Waals surface area contributed by atoms with Crippen LogP contribution >= 0.6 is 0 Å². The lowest BCUT2D eigenvalue weighted by Gasteiger charge is -2.42. The van der Waals surface area contributed by atoms with Crippen LogP contribution in [0.4, 0.5) is 0 Å². The molecule has 152 valence electrons. The molecule has 1 aliphatic carbocycles. The maximum absolute atomic E-state index is 9.75. The fraction of sp³-hybridized carbons (Fsp3) is 0.308. The minimum Gasteiger partial charge on any atom is -0.508 e. The van der Waals surface area contributed by atoms with E-state index < -0.39 is 0 Å². The zero-order chi connectivity index (χ0) is 20.9. The summed E-state index contributed by atoms with van der Waals surface area (Å²) >= 11 is 0. The second-order valence-electron chi connectivity index (χ2n) is 7.56. The van der Waals surface area contributed by atoms with E-state index in [4.69, 9.17) is 0 Å². The van der Waals surface area contributed by atoms with Crippen LogP contribution in [0.3, 0.4) is 0 Å². The lowest BCUT2D eigenvalue weighted by molar-refractivity contribution is 0.310. The molecule has 3 aromatic rings. The Bertz CT molecular complexity index is 851. The van der Waals surface area contributed by atoms with Crippen LogP contribution in [0.15, 0.2) is 72.8 Å². The van der Waals surface area contributed by atoms with Gasteiger partial charge in [-0.15, -0.1) is 0 Å². The topological polar surface area (TPSA) is 60.7 Å². The Morgan fingerprint density at radius 3 is 1.52 bits per heavy atom. The highest BCUT2D eigenvalue weighted by Gasteiger charge is 2.39. The van der Waals surface area contributed by atoms with Gasteiger partial charge in [0.05, 0.1) is 0 Å². The smallest absolute Gasteiger partial charge is 0.115 e. The highest BCUT2D eigenvalue weighted by molar-refractivity contribution is 5.44. The van der Waals surface area contributed by atoms with E-state index >= 15 is 0 Å². The molecule has 1 unspecified atom stereocenters. The van der Waals surface area contributed by atoms with Gasteiger partial charge in [-0.3, -0.25) is 0 Å². The van der Waals surface area contributed by atoms with E-state index in [-0.39, 0.29) is 22.7 Å². The van der Waals surface area contributed by atoms with Crippen molar-refractivity contribution in [3.05, 3.63) is 89.5 Å². The second-order valence-corrected chi connectivity index (χ2v) is 7.56. The first-order valence-electron chi connectivity index (χ1n) is 10.4. The summed E-state index contributed by atoms with van der Waals surface area (Å²) in [6.45, 7) is 4.00. The molecule has 0 aliphatic heterocycles. The number of benzene rings is 3. The Hall–Kier alpha value is -2.94. The third-order valence-electron chi connectivity index (χ3n) is 5.96. The van der Waals surface area contributed by atoms with Crippen molar-refractivity contribution in [3.63, 3.8) is 0 Å². The van der Waals surface area contributed by atoms with Gasteiger partial charge in [0, 0.05) is 5.41 Å². The van der Waals surface area contributed by atoms with Gasteiger partial charge in [-0.1, -0.05) is 56.7 Å². The third kappa shape index (κ3) is 4.40. The van der Waals surface area contributed by atoms with Crippen molar-refractivity contribution in [3.8, 4) is 17.2 Å². The van der Waals surface area contributed by atoms with Crippen molar-refractivity contribution in [1.29, 1.82) is 0 Å². The summed E-state index contributed by atoms with van der Waals surface area (Å²) in [6, 6.07) is 22.6. The average molecular weight is 391 g/mol. The minimum atomic E-state index is -0.164. The molecule has 29 heavy (non-hydrogen) atoms. The van der Waals surface area contributed by atoms with Gasteiger partial charge in [-0.25, -0.2) is 0 Å². The first kappa shape index (κ1) is 20.8. The molecule has 0 spiro atoms. The highest BCUT2D eigenvalue weighted by atomic mass is 16.3. The molecule has 3 N–H and O–H groups in total. The molecule has 1 aliphatic rings. The van der Waals surface area contributed by atoms with Gasteiger partial charge in [-0.05, 0) is 78.3 Å². The Balaban J connectivity index is 0.00000117. The van der Waals surface area contributed by atoms with Gasteiger partial charge < -0.3 is 15.3 Å². The van der Waals surface area contributed by atoms with Crippen molar-refractivity contribution in [2.24, 2.45) is 0 Å². The first-order chi connectivity index (χ1) is 14.1. The van der Waals surface area contributed by atoms with Crippen molar-refractivity contribution in [2.75, 3.05) is 0 Å². The standard InChI is InChI=1S/C24H24O3.C2H6/c25-21-9-3-17(4-10-21)18-2-1-15-24(16-18,19-5-11-22(26)12-6-19)20-7-13-23(27)14-8-20;1-2/h3-14,18,25-27H,1-2,15-16H2;1-2H3. The predicted molar refractivity (Wildman–Crippen MR) is 118 cm³/mol. The van der Waals surface area contributed by atoms with E-state index in [0.29, 0.717) is 5.92 Å². The Labute approximate surface area is 173 Å². The average Bonchev–Trinajstić information content (AvgIpc) is 2.76. The molecule has 3 nitrogen and oxygen atoms in total. The van der Waals surface area contributed by atoms with E-state index in [1.165, 1.54) is 16.7 Å². The number of phenols is 3. The molecule has 0 amide bonds. The maximum atomic E-state index is 9.75. The van der Waals surface area contributed by atoms with E-state index in [2.05, 4.69) is 0 Å². The molecule has 0 radical (unpaired) electrons. The van der Waals surface area contributed by atoms with Gasteiger partial charge in [0.25, 0.3) is 0 Å². The fourth-order valence-corrected chi connectivity index (χ4v) is 4.56. The van der Waals surface area contributed by atoms with Gasteiger partial charge in [0.15, 0.2) is 0 Å². The molecular formula is C26H30O3. The minimum absolute atomic E-state index is 0.164. The normalized spacial score (nSPS) is 17.8. The molecule has 1 fully saturated rings. The number of hydrogen-bond donors (Lipinski definition) is 3. The SMILES string of the molecule is CC.Oc1ccc(C2CCCC(c3ccc(O)cc3)(c3ccc(O)cc3)C2)cc1. The molecule has 0 aromatic heterocycles. The van der Waals surface area contributed by atoms with Crippen molar-refractivity contribution >= 4 is 0 Å². The lowest BCUT2D eigenvalue weighted by Crippen LogP contribution is -2.33. The summed E-state index contributed by atoms with van der Waals surface area (Å²) < 4.78 is 0. The lowest BCUT2D eigenvalue weighted by atomic mass is 9.61. The van der Waals surface area contributed by atoms with Crippen LogP contribution in [-0.2, 0) is 5.41 Å². The molecule has 0 bridgehead atoms. The van der Waals surface area contributed by atoms with E-state index in [1.807, 2.05) is 50.2 Å². The molecule has 0 saturated heterocycles. The number of hydrogen-bond acceptors (Lipinski definition) is 3. The second kappa shape index (κ2) is 9.04. The zero-order valence-corrected chi connectivity index (χ0v) is 17.2. The van der Waals surface area contributed by atoms with E-state index in [9.17, 15) is 15.3 Å². The van der Waals surface area contributed by atoms with Crippen molar-refractivity contribution in [2.45, 2.75) is 50.9 Å². The first-order valence-corrected chi connectivity index (χ1v) is 10.4. The van der Waals surface area contributed by atoms with Crippen molar-refractivity contribution < 1.29 is 15.3 Å². The van der Waals surface area contributed by atoms with Gasteiger partial charge >= 0.3 is 0 Å². The van der Waals surface area contributed by atoms with Gasteiger partial charge in [-0.2, -0.15) is 0 Å². The van der Waals surface area contributed by atoms with Gasteiger partial charge in [0.1, 0.15) is 17.2 Å². The summed E-state index contributed by atoms with van der Waals surface area (Å²) in [5, 5.41) is 29.1. The molecule has 1 atom stereocenters. The van der Waals surface area contributed by atoms with E-state index in [1.54, 1.807) is 36.4 Å². The van der Waals surface area contributed by atoms with Crippen LogP contribution in [0.1, 0.15) is 62.1 Å². The number of phenolic OH excluding ortho intramolecular Hbond substituents is 3. The Morgan fingerprint density at radius 1 is 0.655 bits per heavy atom. The monoisotopic (exact) mass is 390 g/mol. The molecule has 4 rings (SSSR count). The molecule has 3 heteroatoms. The molecular weight excluding hydrogens is 360 g/mol. The number of rotatable bonds is 3. The van der Waals surface area contributed by atoms with E-state index in [0.717, 1.165) is 25.7 Å². The van der Waals surface area contributed by atoms with Crippen LogP contribution in [0.5, 0.6) is 17.2 Å². The third-order valence-corrected chi connectivity index (χ3v) is 5.96. The Kier molecular flexibility index (Phi) is 6.48. The summed E-state index contributed by atoms with van der Waals surface area (Å²) in [5.41, 5.74) is 3.46. The molecule has 1 saturated carbocycles. The summed E-state index contributed by atoms with van der Waals surface area (Å²) in [7, 11) is 0. The van der Waals surface area contributed by atoms with Crippen molar-refractivity contribution in [1.82, 2.24) is 0 Å². The maximum Gasteiger partial charge on any atom is 0.115 e. The largest absolute Gasteiger partial charge is 0.508 e. The highest BCUT2D eigenvalue weighted by Crippen LogP contribution is 2.50. The summed E-state index contributed by atoms with van der Waals surface area (Å²) in [4.78, 5) is 0. The van der Waals surface area contributed by atoms with Crippen LogP contribution in [0.25, 0.3) is 0 Å². The van der Waals surface area contributed by atoms with Crippen LogP contribution in [0.2, 0.25) is 0 Å². The molecule has 3 aromatic carbocycles. The Morgan fingerprint density at radius 2 is 1.07 bits per heavy atom. The number of aromatic hydroxyl groups is 3. The van der Waals surface area contributed by atoms with Crippen LogP contribution < -0.4 is 0 Å². The predicted octanol–water partition coefficient (Wildman–Crippen LogP) is 6.47. The summed E-state index contributed by atoms with van der Waals surface area (Å²) in [6.07, 6.45) is 4.18. The molecule has 0 heterocycles. The fourth-order valence-electron chi connectivity index (χ4n) is 4.56. The quantitative estimate of drug-likeness (QED) is 0.480. The van der Waals surface area contributed by atoms with Crippen LogP contribution in [-0.4, -0.2) is 15.3 Å². The zero-order valence-electron chi connectivity index (χ0n) is 17.2.